The first-order valence-electron chi connectivity index (χ1n) is 7.65. The molecule has 0 unspecified atom stereocenters. The first-order chi connectivity index (χ1) is 10.4. The molecule has 0 aliphatic heterocycles. The van der Waals surface area contributed by atoms with E-state index in [2.05, 4.69) is 50.2 Å². The number of hydrogen-bond acceptors (Lipinski definition) is 3. The molecule has 1 N–H and O–H groups in total. The van der Waals surface area contributed by atoms with Gasteiger partial charge in [-0.25, -0.2) is 0 Å². The van der Waals surface area contributed by atoms with E-state index in [9.17, 15) is 5.02 Å². The van der Waals surface area contributed by atoms with Crippen LogP contribution >= 0.6 is 11.3 Å². The summed E-state index contributed by atoms with van der Waals surface area (Å²) in [4.78, 5) is 0. The molecule has 0 spiro atoms. The van der Waals surface area contributed by atoms with Gasteiger partial charge < -0.3 is 9.68 Å². The van der Waals surface area contributed by atoms with E-state index in [4.69, 9.17) is 4.65 Å². The summed E-state index contributed by atoms with van der Waals surface area (Å²) in [7, 11) is -0.902. The molecular formula is C18H21BO2S. The van der Waals surface area contributed by atoms with Crippen LogP contribution in [0, 0.1) is 5.92 Å². The van der Waals surface area contributed by atoms with E-state index in [1.807, 2.05) is 19.9 Å². The third-order valence-corrected chi connectivity index (χ3v) is 5.64. The topological polar surface area (TPSA) is 29.5 Å². The third kappa shape index (κ3) is 2.79. The summed E-state index contributed by atoms with van der Waals surface area (Å²) in [6, 6.07) is 14.5. The molecule has 0 aliphatic rings. The van der Waals surface area contributed by atoms with Crippen molar-refractivity contribution in [2.24, 2.45) is 5.92 Å². The molecule has 0 fully saturated rings. The van der Waals surface area contributed by atoms with E-state index in [1.54, 1.807) is 11.3 Å². The molecule has 0 bridgehead atoms. The van der Waals surface area contributed by atoms with Crippen LogP contribution in [-0.2, 0) is 4.65 Å². The fourth-order valence-corrected chi connectivity index (χ4v) is 3.48. The Morgan fingerprint density at radius 2 is 1.73 bits per heavy atom. The lowest BCUT2D eigenvalue weighted by Gasteiger charge is -2.31. The van der Waals surface area contributed by atoms with Crippen LogP contribution in [0.4, 0.5) is 0 Å². The van der Waals surface area contributed by atoms with E-state index in [1.165, 1.54) is 20.2 Å². The maximum Gasteiger partial charge on any atom is 0.491 e. The zero-order chi connectivity index (χ0) is 15.9. The van der Waals surface area contributed by atoms with Gasteiger partial charge in [0.2, 0.25) is 0 Å². The highest BCUT2D eigenvalue weighted by atomic mass is 32.1. The summed E-state index contributed by atoms with van der Waals surface area (Å²) in [5.74, 6) is 0.327. The highest BCUT2D eigenvalue weighted by Crippen LogP contribution is 2.33. The van der Waals surface area contributed by atoms with Crippen molar-refractivity contribution in [3.05, 3.63) is 42.5 Å². The van der Waals surface area contributed by atoms with Crippen LogP contribution < -0.4 is 5.46 Å². The molecule has 22 heavy (non-hydrogen) atoms. The standard InChI is InChI=1S/C18H21BO2S/c1-12(2)18(3,4)21-19(20)13-9-10-17-15(11-13)14-7-5-6-8-16(14)22-17/h5-12,20H,1-4H3. The van der Waals surface area contributed by atoms with Gasteiger partial charge in [0, 0.05) is 14.8 Å². The van der Waals surface area contributed by atoms with Gasteiger partial charge >= 0.3 is 7.12 Å². The summed E-state index contributed by atoms with van der Waals surface area (Å²) >= 11 is 1.78. The van der Waals surface area contributed by atoms with Crippen molar-refractivity contribution in [3.63, 3.8) is 0 Å². The number of fused-ring (bicyclic) bond motifs is 3. The summed E-state index contributed by atoms with van der Waals surface area (Å²) in [5.41, 5.74) is 0.440. The lowest BCUT2D eigenvalue weighted by atomic mass is 9.77. The average Bonchev–Trinajstić information content (AvgIpc) is 2.84. The molecule has 0 atom stereocenters. The molecule has 0 saturated carbocycles. The van der Waals surface area contributed by atoms with Crippen LogP contribution in [0.2, 0.25) is 0 Å². The monoisotopic (exact) mass is 312 g/mol. The second kappa shape index (κ2) is 5.69. The Morgan fingerprint density at radius 3 is 2.45 bits per heavy atom. The lowest BCUT2D eigenvalue weighted by Crippen LogP contribution is -2.44. The van der Waals surface area contributed by atoms with Crippen LogP contribution in [0.5, 0.6) is 0 Å². The smallest absolute Gasteiger partial charge is 0.423 e. The second-order valence-electron chi connectivity index (χ2n) is 6.58. The summed E-state index contributed by atoms with van der Waals surface area (Å²) in [6.07, 6.45) is 0. The molecule has 0 amide bonds. The van der Waals surface area contributed by atoms with E-state index in [0.717, 1.165) is 5.46 Å². The van der Waals surface area contributed by atoms with E-state index >= 15 is 0 Å². The van der Waals surface area contributed by atoms with Gasteiger partial charge in [-0.3, -0.25) is 0 Å². The van der Waals surface area contributed by atoms with Crippen LogP contribution in [0.3, 0.4) is 0 Å². The lowest BCUT2D eigenvalue weighted by molar-refractivity contribution is 0.0423. The molecule has 1 heterocycles. The van der Waals surface area contributed by atoms with Crippen LogP contribution in [0.1, 0.15) is 27.7 Å². The zero-order valence-electron chi connectivity index (χ0n) is 13.5. The molecule has 3 aromatic rings. The van der Waals surface area contributed by atoms with Crippen molar-refractivity contribution >= 4 is 44.1 Å². The van der Waals surface area contributed by atoms with Crippen LogP contribution in [0.25, 0.3) is 20.2 Å². The molecule has 1 aromatic heterocycles. The van der Waals surface area contributed by atoms with Gasteiger partial charge in [-0.2, -0.15) is 0 Å². The minimum atomic E-state index is -0.902. The average molecular weight is 312 g/mol. The molecule has 3 rings (SSSR count). The molecule has 0 aliphatic carbocycles. The highest BCUT2D eigenvalue weighted by Gasteiger charge is 2.30. The van der Waals surface area contributed by atoms with Crippen molar-refractivity contribution in [2.45, 2.75) is 33.3 Å². The maximum absolute atomic E-state index is 10.5. The largest absolute Gasteiger partial charge is 0.491 e. The van der Waals surface area contributed by atoms with Gasteiger partial charge in [0.25, 0.3) is 0 Å². The fraction of sp³-hybridized carbons (Fsp3) is 0.333. The molecule has 114 valence electrons. The molecule has 0 saturated heterocycles. The van der Waals surface area contributed by atoms with Crippen molar-refractivity contribution in [2.75, 3.05) is 0 Å². The number of thiophene rings is 1. The van der Waals surface area contributed by atoms with Crippen molar-refractivity contribution in [3.8, 4) is 0 Å². The van der Waals surface area contributed by atoms with Gasteiger partial charge in [-0.05, 0) is 42.7 Å². The highest BCUT2D eigenvalue weighted by molar-refractivity contribution is 7.25. The fourth-order valence-electron chi connectivity index (χ4n) is 2.39. The molecule has 0 radical (unpaired) electrons. The number of hydrogen-bond donors (Lipinski definition) is 1. The molecule has 2 aromatic carbocycles. The predicted molar refractivity (Wildman–Crippen MR) is 96.9 cm³/mol. The van der Waals surface area contributed by atoms with Crippen molar-refractivity contribution in [1.82, 2.24) is 0 Å². The van der Waals surface area contributed by atoms with E-state index in [-0.39, 0.29) is 5.60 Å². The van der Waals surface area contributed by atoms with Gasteiger partial charge in [-0.1, -0.05) is 44.2 Å². The van der Waals surface area contributed by atoms with Gasteiger partial charge in [0.05, 0.1) is 5.60 Å². The maximum atomic E-state index is 10.5. The summed E-state index contributed by atoms with van der Waals surface area (Å²) in [6.45, 7) is 8.23. The predicted octanol–water partition coefficient (Wildman–Crippen LogP) is 4.19. The summed E-state index contributed by atoms with van der Waals surface area (Å²) in [5, 5.41) is 12.9. The van der Waals surface area contributed by atoms with Gasteiger partial charge in [-0.15, -0.1) is 11.3 Å². The quantitative estimate of drug-likeness (QED) is 0.732. The Labute approximate surface area is 135 Å². The van der Waals surface area contributed by atoms with Crippen LogP contribution in [-0.4, -0.2) is 17.7 Å². The van der Waals surface area contributed by atoms with Gasteiger partial charge in [0.15, 0.2) is 0 Å². The summed E-state index contributed by atoms with van der Waals surface area (Å²) < 4.78 is 8.39. The Morgan fingerprint density at radius 1 is 1.05 bits per heavy atom. The minimum Gasteiger partial charge on any atom is -0.423 e. The molecule has 2 nitrogen and oxygen atoms in total. The molecule has 4 heteroatoms. The van der Waals surface area contributed by atoms with Crippen molar-refractivity contribution < 1.29 is 9.68 Å². The normalized spacial score (nSPS) is 12.5. The minimum absolute atomic E-state index is 0.327. The Balaban J connectivity index is 1.99. The van der Waals surface area contributed by atoms with Crippen molar-refractivity contribution in [1.29, 1.82) is 0 Å². The Kier molecular flexibility index (Phi) is 4.02. The third-order valence-electron chi connectivity index (χ3n) is 4.49. The van der Waals surface area contributed by atoms with E-state index < -0.39 is 7.12 Å². The SMILES string of the molecule is CC(C)C(C)(C)OB(O)c1ccc2sc3ccccc3c2c1. The number of rotatable bonds is 4. The van der Waals surface area contributed by atoms with Gasteiger partial charge in [0.1, 0.15) is 0 Å². The Bertz CT molecular complexity index is 807. The van der Waals surface area contributed by atoms with Crippen LogP contribution in [0.15, 0.2) is 42.5 Å². The van der Waals surface area contributed by atoms with E-state index in [0.29, 0.717) is 5.92 Å². The molecular weight excluding hydrogens is 291 g/mol. The Hall–Kier alpha value is -1.36. The number of benzene rings is 2. The second-order valence-corrected chi connectivity index (χ2v) is 7.67. The first-order valence-corrected chi connectivity index (χ1v) is 8.47. The zero-order valence-corrected chi connectivity index (χ0v) is 14.3. The first kappa shape index (κ1) is 15.5.